The largest absolute Gasteiger partial charge is 0.327 e. The van der Waals surface area contributed by atoms with Crippen molar-refractivity contribution in [3.63, 3.8) is 0 Å². The van der Waals surface area contributed by atoms with Crippen LogP contribution in [0.1, 0.15) is 40.0 Å². The molecule has 2 aliphatic rings. The Morgan fingerprint density at radius 2 is 1.91 bits per heavy atom. The molecule has 2 saturated carbocycles. The lowest BCUT2D eigenvalue weighted by molar-refractivity contribution is 0.141. The standard InChI is InChI=1S/C10H19N/c1-9(2)7-4-5-10(3,6-7)8(9)11/h7-8H,4-6,11H2,1-3H3/t7-,8-,10-/m1/s1. The summed E-state index contributed by atoms with van der Waals surface area (Å²) in [5.74, 6) is 0.905. The molecule has 11 heavy (non-hydrogen) atoms. The Labute approximate surface area is 69.4 Å². The molecule has 0 unspecified atom stereocenters. The molecule has 1 heteroatoms. The number of hydrogen-bond acceptors (Lipinski definition) is 1. The van der Waals surface area contributed by atoms with Gasteiger partial charge in [0.05, 0.1) is 0 Å². The van der Waals surface area contributed by atoms with Crippen LogP contribution in [0.2, 0.25) is 0 Å². The topological polar surface area (TPSA) is 26.0 Å². The molecular weight excluding hydrogens is 134 g/mol. The van der Waals surface area contributed by atoms with Crippen LogP contribution < -0.4 is 5.73 Å². The quantitative estimate of drug-likeness (QED) is 0.567. The highest BCUT2D eigenvalue weighted by atomic mass is 14.8. The van der Waals surface area contributed by atoms with E-state index in [0.717, 1.165) is 5.92 Å². The Balaban J connectivity index is 2.34. The molecule has 2 fully saturated rings. The third kappa shape index (κ3) is 0.752. The van der Waals surface area contributed by atoms with E-state index in [1.54, 1.807) is 0 Å². The van der Waals surface area contributed by atoms with Crippen molar-refractivity contribution in [2.24, 2.45) is 22.5 Å². The normalized spacial score (nSPS) is 53.5. The van der Waals surface area contributed by atoms with Crippen molar-refractivity contribution in [3.05, 3.63) is 0 Å². The molecule has 0 saturated heterocycles. The van der Waals surface area contributed by atoms with E-state index in [1.165, 1.54) is 19.3 Å². The van der Waals surface area contributed by atoms with Gasteiger partial charge < -0.3 is 5.73 Å². The number of nitrogens with two attached hydrogens (primary N) is 1. The lowest BCUT2D eigenvalue weighted by Gasteiger charge is -2.40. The summed E-state index contributed by atoms with van der Waals surface area (Å²) in [5.41, 5.74) is 7.12. The number of hydrogen-bond donors (Lipinski definition) is 1. The van der Waals surface area contributed by atoms with Gasteiger partial charge in [0.1, 0.15) is 0 Å². The zero-order valence-corrected chi connectivity index (χ0v) is 7.85. The van der Waals surface area contributed by atoms with Gasteiger partial charge in [-0.3, -0.25) is 0 Å². The average Bonchev–Trinajstić information content (AvgIpc) is 2.36. The summed E-state index contributed by atoms with van der Waals surface area (Å²) in [6.45, 7) is 7.05. The molecule has 0 radical (unpaired) electrons. The molecule has 0 spiro atoms. The molecule has 3 atom stereocenters. The lowest BCUT2D eigenvalue weighted by atomic mass is 9.69. The molecule has 0 amide bonds. The van der Waals surface area contributed by atoms with Crippen LogP contribution in [-0.2, 0) is 0 Å². The van der Waals surface area contributed by atoms with E-state index < -0.39 is 0 Å². The van der Waals surface area contributed by atoms with Crippen LogP contribution in [0.5, 0.6) is 0 Å². The highest BCUT2D eigenvalue weighted by Gasteiger charge is 2.57. The van der Waals surface area contributed by atoms with Crippen LogP contribution in [0.3, 0.4) is 0 Å². The summed E-state index contributed by atoms with van der Waals surface area (Å²) in [7, 11) is 0. The molecule has 2 N–H and O–H groups in total. The second-order valence-corrected chi connectivity index (χ2v) is 5.39. The van der Waals surface area contributed by atoms with Crippen molar-refractivity contribution < 1.29 is 0 Å². The van der Waals surface area contributed by atoms with Gasteiger partial charge in [-0.1, -0.05) is 20.8 Å². The van der Waals surface area contributed by atoms with E-state index in [1.807, 2.05) is 0 Å². The molecule has 2 rings (SSSR count). The van der Waals surface area contributed by atoms with Gasteiger partial charge in [-0.25, -0.2) is 0 Å². The first-order valence-corrected chi connectivity index (χ1v) is 4.72. The fraction of sp³-hybridized carbons (Fsp3) is 1.00. The van der Waals surface area contributed by atoms with Crippen LogP contribution in [0.25, 0.3) is 0 Å². The van der Waals surface area contributed by atoms with Crippen molar-refractivity contribution in [1.29, 1.82) is 0 Å². The summed E-state index contributed by atoms with van der Waals surface area (Å²) in [6, 6.07) is 0.439. The highest BCUT2D eigenvalue weighted by molar-refractivity contribution is 5.10. The van der Waals surface area contributed by atoms with Crippen molar-refractivity contribution in [1.82, 2.24) is 0 Å². The maximum atomic E-state index is 6.23. The van der Waals surface area contributed by atoms with Crippen molar-refractivity contribution in [2.75, 3.05) is 0 Å². The molecule has 0 heterocycles. The Bertz CT molecular complexity index is 181. The maximum Gasteiger partial charge on any atom is 0.0147 e. The summed E-state index contributed by atoms with van der Waals surface area (Å²) in [4.78, 5) is 0. The molecule has 2 bridgehead atoms. The molecule has 2 aliphatic carbocycles. The summed E-state index contributed by atoms with van der Waals surface area (Å²) in [6.07, 6.45) is 4.15. The second kappa shape index (κ2) is 1.82. The number of fused-ring (bicyclic) bond motifs is 2. The molecule has 0 aromatic rings. The first-order valence-electron chi connectivity index (χ1n) is 4.72. The Morgan fingerprint density at radius 1 is 1.27 bits per heavy atom. The molecule has 0 aromatic carbocycles. The maximum absolute atomic E-state index is 6.23. The summed E-state index contributed by atoms with van der Waals surface area (Å²) < 4.78 is 0. The van der Waals surface area contributed by atoms with Gasteiger partial charge in [0.15, 0.2) is 0 Å². The van der Waals surface area contributed by atoms with Crippen molar-refractivity contribution in [2.45, 2.75) is 46.1 Å². The van der Waals surface area contributed by atoms with E-state index >= 15 is 0 Å². The van der Waals surface area contributed by atoms with E-state index in [9.17, 15) is 0 Å². The molecular formula is C10H19N. The second-order valence-electron chi connectivity index (χ2n) is 5.39. The fourth-order valence-electron chi connectivity index (χ4n) is 3.34. The van der Waals surface area contributed by atoms with Gasteiger partial charge in [-0.15, -0.1) is 0 Å². The zero-order valence-electron chi connectivity index (χ0n) is 7.85. The smallest absolute Gasteiger partial charge is 0.0147 e. The van der Waals surface area contributed by atoms with Crippen LogP contribution >= 0.6 is 0 Å². The first-order chi connectivity index (χ1) is 4.97. The zero-order chi connectivity index (χ0) is 8.28. The molecule has 64 valence electrons. The Kier molecular flexibility index (Phi) is 1.26. The minimum atomic E-state index is 0.410. The van der Waals surface area contributed by atoms with Crippen LogP contribution in [-0.4, -0.2) is 6.04 Å². The van der Waals surface area contributed by atoms with Gasteiger partial charge in [0.2, 0.25) is 0 Å². The summed E-state index contributed by atoms with van der Waals surface area (Å²) in [5, 5.41) is 0. The first kappa shape index (κ1) is 7.60. The molecule has 1 nitrogen and oxygen atoms in total. The van der Waals surface area contributed by atoms with Gasteiger partial charge in [0, 0.05) is 6.04 Å². The van der Waals surface area contributed by atoms with Crippen molar-refractivity contribution >= 4 is 0 Å². The third-order valence-electron chi connectivity index (χ3n) is 4.38. The van der Waals surface area contributed by atoms with E-state index in [2.05, 4.69) is 20.8 Å². The van der Waals surface area contributed by atoms with E-state index in [4.69, 9.17) is 5.73 Å². The molecule has 0 aromatic heterocycles. The molecule has 0 aliphatic heterocycles. The van der Waals surface area contributed by atoms with Gasteiger partial charge in [0.25, 0.3) is 0 Å². The van der Waals surface area contributed by atoms with E-state index in [0.29, 0.717) is 16.9 Å². The van der Waals surface area contributed by atoms with Crippen LogP contribution in [0.15, 0.2) is 0 Å². The minimum Gasteiger partial charge on any atom is -0.327 e. The van der Waals surface area contributed by atoms with Crippen LogP contribution in [0, 0.1) is 16.7 Å². The predicted octanol–water partition coefficient (Wildman–Crippen LogP) is 2.16. The minimum absolute atomic E-state index is 0.410. The van der Waals surface area contributed by atoms with Gasteiger partial charge in [-0.2, -0.15) is 0 Å². The lowest BCUT2D eigenvalue weighted by Crippen LogP contribution is -2.46. The monoisotopic (exact) mass is 153 g/mol. The Hall–Kier alpha value is -0.0400. The average molecular weight is 153 g/mol. The Morgan fingerprint density at radius 3 is 2.18 bits per heavy atom. The summed E-state index contributed by atoms with van der Waals surface area (Å²) >= 11 is 0. The SMILES string of the molecule is CC1(C)[C@@H]2CC[C@](C)(C2)[C@@H]1N. The third-order valence-corrected chi connectivity index (χ3v) is 4.38. The van der Waals surface area contributed by atoms with Gasteiger partial charge in [-0.05, 0) is 36.0 Å². The predicted molar refractivity (Wildman–Crippen MR) is 47.2 cm³/mol. The highest BCUT2D eigenvalue weighted by Crippen LogP contribution is 2.61. The fourth-order valence-corrected chi connectivity index (χ4v) is 3.34. The number of rotatable bonds is 0. The van der Waals surface area contributed by atoms with E-state index in [-0.39, 0.29) is 0 Å². The van der Waals surface area contributed by atoms with Crippen molar-refractivity contribution in [3.8, 4) is 0 Å². The van der Waals surface area contributed by atoms with Crippen LogP contribution in [0.4, 0.5) is 0 Å². The van der Waals surface area contributed by atoms with Gasteiger partial charge >= 0.3 is 0 Å².